The molecule has 0 aliphatic rings. The normalized spacial score (nSPS) is 20.5. The fraction of sp³-hybridized carbons (Fsp3) is 0.857. The molecule has 0 saturated carbocycles. The molecule has 15 heavy (non-hydrogen) atoms. The third-order valence-corrected chi connectivity index (χ3v) is 4.06. The Kier molecular flexibility index (Phi) is 4.60. The van der Waals surface area contributed by atoms with E-state index < -0.39 is 5.60 Å². The van der Waals surface area contributed by atoms with Crippen molar-refractivity contribution in [3.63, 3.8) is 0 Å². The molecule has 0 aliphatic heterocycles. The summed E-state index contributed by atoms with van der Waals surface area (Å²) in [4.78, 5) is 0. The van der Waals surface area contributed by atoms with Gasteiger partial charge in [-0.3, -0.25) is 0 Å². The molecule has 0 spiro atoms. The van der Waals surface area contributed by atoms with Crippen molar-refractivity contribution in [3.05, 3.63) is 12.2 Å². The lowest BCUT2D eigenvalue weighted by Gasteiger charge is -2.37. The molecule has 0 aliphatic carbocycles. The molecule has 3 atom stereocenters. The van der Waals surface area contributed by atoms with Crippen LogP contribution in [0.15, 0.2) is 12.2 Å². The van der Waals surface area contributed by atoms with Crippen LogP contribution in [-0.2, 0) is 0 Å². The average molecular weight is 212 g/mol. The van der Waals surface area contributed by atoms with Gasteiger partial charge < -0.3 is 5.11 Å². The van der Waals surface area contributed by atoms with Gasteiger partial charge in [0.25, 0.3) is 0 Å². The first-order valence-electron chi connectivity index (χ1n) is 5.95. The average Bonchev–Trinajstić information content (AvgIpc) is 2.12. The predicted molar refractivity (Wildman–Crippen MR) is 67.8 cm³/mol. The van der Waals surface area contributed by atoms with Crippen LogP contribution in [0.1, 0.15) is 54.9 Å². The lowest BCUT2D eigenvalue weighted by atomic mass is 9.70. The van der Waals surface area contributed by atoms with E-state index in [0.717, 1.165) is 12.0 Å². The zero-order chi connectivity index (χ0) is 12.4. The molecule has 1 N–H and O–H groups in total. The van der Waals surface area contributed by atoms with Crippen LogP contribution >= 0.6 is 0 Å². The fourth-order valence-corrected chi connectivity index (χ4v) is 1.64. The maximum Gasteiger partial charge on any atom is 0.0679 e. The van der Waals surface area contributed by atoms with E-state index in [1.807, 2.05) is 13.8 Å². The van der Waals surface area contributed by atoms with E-state index in [1.165, 1.54) is 0 Å². The first-order chi connectivity index (χ1) is 6.54. The zero-order valence-electron chi connectivity index (χ0n) is 11.5. The van der Waals surface area contributed by atoms with Gasteiger partial charge in [-0.1, -0.05) is 53.7 Å². The van der Waals surface area contributed by atoms with Crippen LogP contribution in [0.4, 0.5) is 0 Å². The quantitative estimate of drug-likeness (QED) is 0.698. The highest BCUT2D eigenvalue weighted by atomic mass is 16.3. The lowest BCUT2D eigenvalue weighted by Crippen LogP contribution is -2.36. The molecule has 0 rings (SSSR count). The van der Waals surface area contributed by atoms with Gasteiger partial charge in [0.05, 0.1) is 5.60 Å². The largest absolute Gasteiger partial charge is 0.390 e. The van der Waals surface area contributed by atoms with Crippen molar-refractivity contribution in [2.24, 2.45) is 17.3 Å². The smallest absolute Gasteiger partial charge is 0.0679 e. The van der Waals surface area contributed by atoms with Crippen molar-refractivity contribution in [3.8, 4) is 0 Å². The molecule has 0 saturated heterocycles. The van der Waals surface area contributed by atoms with E-state index in [9.17, 15) is 5.11 Å². The van der Waals surface area contributed by atoms with E-state index in [2.05, 4.69) is 41.2 Å². The summed E-state index contributed by atoms with van der Waals surface area (Å²) in [5.41, 5.74) is 0.750. The Balaban J connectivity index is 4.74. The van der Waals surface area contributed by atoms with Crippen LogP contribution in [0.3, 0.4) is 0 Å². The molecule has 0 amide bonds. The molecule has 0 bridgehead atoms. The Morgan fingerprint density at radius 1 is 1.13 bits per heavy atom. The van der Waals surface area contributed by atoms with Gasteiger partial charge in [0.15, 0.2) is 0 Å². The molecular formula is C14H28O. The molecule has 0 aromatic carbocycles. The van der Waals surface area contributed by atoms with Crippen LogP contribution in [0, 0.1) is 17.3 Å². The van der Waals surface area contributed by atoms with Crippen LogP contribution in [0.5, 0.6) is 0 Å². The Morgan fingerprint density at radius 2 is 1.53 bits per heavy atom. The van der Waals surface area contributed by atoms with Crippen LogP contribution in [0.25, 0.3) is 0 Å². The summed E-state index contributed by atoms with van der Waals surface area (Å²) in [6, 6.07) is 0. The summed E-state index contributed by atoms with van der Waals surface area (Å²) in [7, 11) is 0. The summed E-state index contributed by atoms with van der Waals surface area (Å²) < 4.78 is 0. The third kappa shape index (κ3) is 3.64. The number of aliphatic hydroxyl groups is 1. The highest BCUT2D eigenvalue weighted by molar-refractivity contribution is 5.11. The van der Waals surface area contributed by atoms with Gasteiger partial charge in [0.1, 0.15) is 0 Å². The fourth-order valence-electron chi connectivity index (χ4n) is 1.64. The minimum atomic E-state index is -0.628. The molecule has 0 aromatic heterocycles. The van der Waals surface area contributed by atoms with Crippen molar-refractivity contribution < 1.29 is 5.11 Å². The lowest BCUT2D eigenvalue weighted by molar-refractivity contribution is 0.0108. The van der Waals surface area contributed by atoms with Crippen molar-refractivity contribution in [1.82, 2.24) is 0 Å². The highest BCUT2D eigenvalue weighted by Gasteiger charge is 2.33. The van der Waals surface area contributed by atoms with Gasteiger partial charge in [-0.15, -0.1) is 0 Å². The number of rotatable bonds is 4. The predicted octanol–water partition coefficient (Wildman–Crippen LogP) is 4.02. The molecule has 90 valence electrons. The topological polar surface area (TPSA) is 20.2 Å². The second kappa shape index (κ2) is 4.69. The summed E-state index contributed by atoms with van der Waals surface area (Å²) in [5.74, 6) is 0.572. The van der Waals surface area contributed by atoms with E-state index in [4.69, 9.17) is 0 Å². The zero-order valence-corrected chi connectivity index (χ0v) is 11.5. The molecule has 0 heterocycles. The number of hydrogen-bond donors (Lipinski definition) is 1. The maximum atomic E-state index is 10.2. The molecule has 1 nitrogen and oxygen atoms in total. The first-order valence-corrected chi connectivity index (χ1v) is 5.95. The van der Waals surface area contributed by atoms with E-state index in [1.54, 1.807) is 0 Å². The van der Waals surface area contributed by atoms with Gasteiger partial charge >= 0.3 is 0 Å². The van der Waals surface area contributed by atoms with Gasteiger partial charge in [-0.25, -0.2) is 0 Å². The standard InChI is InChI=1S/C14H28O/c1-9-14(8,15)12(4)10(2)11(3)13(5,6)7/h11-12,15H,2,9H2,1,3-8H3. The Bertz CT molecular complexity index is 220. The molecule has 0 aromatic rings. The van der Waals surface area contributed by atoms with Gasteiger partial charge in [-0.05, 0) is 24.7 Å². The highest BCUT2D eigenvalue weighted by Crippen LogP contribution is 2.38. The second-order valence-corrected chi connectivity index (χ2v) is 6.10. The van der Waals surface area contributed by atoms with Crippen LogP contribution < -0.4 is 0 Å². The number of hydrogen-bond acceptors (Lipinski definition) is 1. The minimum Gasteiger partial charge on any atom is -0.390 e. The molecule has 3 unspecified atom stereocenters. The molecule has 0 radical (unpaired) electrons. The van der Waals surface area contributed by atoms with Crippen LogP contribution in [0.2, 0.25) is 0 Å². The molecule has 0 fully saturated rings. The van der Waals surface area contributed by atoms with Gasteiger partial charge in [0.2, 0.25) is 0 Å². The minimum absolute atomic E-state index is 0.150. The van der Waals surface area contributed by atoms with E-state index in [-0.39, 0.29) is 11.3 Å². The van der Waals surface area contributed by atoms with Crippen LogP contribution in [-0.4, -0.2) is 10.7 Å². The van der Waals surface area contributed by atoms with Crippen molar-refractivity contribution >= 4 is 0 Å². The van der Waals surface area contributed by atoms with Crippen molar-refractivity contribution in [2.45, 2.75) is 60.5 Å². The SMILES string of the molecule is C=C(C(C)C(C)(C)C)C(C)C(C)(O)CC. The van der Waals surface area contributed by atoms with Crippen molar-refractivity contribution in [1.29, 1.82) is 0 Å². The monoisotopic (exact) mass is 212 g/mol. The Labute approximate surface area is 95.6 Å². The first kappa shape index (κ1) is 14.7. The summed E-state index contributed by atoms with van der Waals surface area (Å²) >= 11 is 0. The molecular weight excluding hydrogens is 184 g/mol. The maximum absolute atomic E-state index is 10.2. The summed E-state index contributed by atoms with van der Waals surface area (Å²) in [6.45, 7) is 19.0. The Hall–Kier alpha value is -0.300. The van der Waals surface area contributed by atoms with Gasteiger partial charge in [-0.2, -0.15) is 0 Å². The van der Waals surface area contributed by atoms with E-state index >= 15 is 0 Å². The summed E-state index contributed by atoms with van der Waals surface area (Å²) in [5, 5.41) is 10.2. The van der Waals surface area contributed by atoms with Crippen molar-refractivity contribution in [2.75, 3.05) is 0 Å². The summed E-state index contributed by atoms with van der Waals surface area (Å²) in [6.07, 6.45) is 0.768. The third-order valence-electron chi connectivity index (χ3n) is 4.06. The Morgan fingerprint density at radius 3 is 1.80 bits per heavy atom. The van der Waals surface area contributed by atoms with Gasteiger partial charge in [0, 0.05) is 5.92 Å². The second-order valence-electron chi connectivity index (χ2n) is 6.10. The molecule has 1 heteroatoms. The van der Waals surface area contributed by atoms with E-state index in [0.29, 0.717) is 5.92 Å².